The Labute approximate surface area is 104 Å². The van der Waals surface area contributed by atoms with Crippen molar-refractivity contribution in [2.24, 2.45) is 7.05 Å². The van der Waals surface area contributed by atoms with Crippen molar-refractivity contribution >= 4 is 15.9 Å². The zero-order chi connectivity index (χ0) is 11.7. The molecule has 0 fully saturated rings. The van der Waals surface area contributed by atoms with Crippen molar-refractivity contribution < 1.29 is 0 Å². The van der Waals surface area contributed by atoms with Gasteiger partial charge in [0.05, 0.1) is 5.33 Å². The number of nitrogens with zero attached hydrogens (tertiary/aromatic N) is 3. The van der Waals surface area contributed by atoms with Crippen molar-refractivity contribution in [1.29, 1.82) is 0 Å². The van der Waals surface area contributed by atoms with Crippen LogP contribution in [0.25, 0.3) is 11.4 Å². The molecular formula is C12H14BrN3. The summed E-state index contributed by atoms with van der Waals surface area (Å²) in [6.07, 6.45) is 0. The molecule has 2 aromatic rings. The van der Waals surface area contributed by atoms with Gasteiger partial charge in [-0.1, -0.05) is 33.6 Å². The summed E-state index contributed by atoms with van der Waals surface area (Å²) in [5, 5.41) is 9.11. The molecule has 3 nitrogen and oxygen atoms in total. The van der Waals surface area contributed by atoms with E-state index in [1.807, 2.05) is 11.6 Å². The molecule has 0 bridgehead atoms. The number of hydrogen-bond donors (Lipinski definition) is 0. The molecule has 0 spiro atoms. The maximum atomic E-state index is 4.24. The quantitative estimate of drug-likeness (QED) is 0.792. The summed E-state index contributed by atoms with van der Waals surface area (Å²) < 4.78 is 2.02. The summed E-state index contributed by atoms with van der Waals surface area (Å²) >= 11 is 3.40. The van der Waals surface area contributed by atoms with Gasteiger partial charge in [-0.2, -0.15) is 0 Å². The fraction of sp³-hybridized carbons (Fsp3) is 0.333. The molecule has 4 heteroatoms. The predicted octanol–water partition coefficient (Wildman–Crippen LogP) is 2.99. The van der Waals surface area contributed by atoms with Crippen molar-refractivity contribution in [2.45, 2.75) is 19.2 Å². The van der Waals surface area contributed by atoms with Crippen LogP contribution in [0.15, 0.2) is 18.2 Å². The van der Waals surface area contributed by atoms with Crippen molar-refractivity contribution in [3.8, 4) is 11.4 Å². The second-order valence-electron chi connectivity index (χ2n) is 3.95. The second-order valence-corrected chi connectivity index (χ2v) is 4.51. The van der Waals surface area contributed by atoms with Crippen molar-refractivity contribution in [3.63, 3.8) is 0 Å². The molecule has 1 aromatic heterocycles. The molecule has 0 aliphatic carbocycles. The number of aromatic nitrogens is 3. The zero-order valence-electron chi connectivity index (χ0n) is 9.66. The smallest absolute Gasteiger partial charge is 0.163 e. The number of aryl methyl sites for hydroxylation is 2. The van der Waals surface area contributed by atoms with Crippen LogP contribution in [0.4, 0.5) is 0 Å². The van der Waals surface area contributed by atoms with Gasteiger partial charge in [-0.15, -0.1) is 10.2 Å². The van der Waals surface area contributed by atoms with E-state index in [0.717, 1.165) is 22.5 Å². The molecule has 0 N–H and O–H groups in total. The molecule has 0 saturated heterocycles. The van der Waals surface area contributed by atoms with Crippen LogP contribution in [0.1, 0.15) is 17.0 Å². The fourth-order valence-electron chi connectivity index (χ4n) is 1.69. The van der Waals surface area contributed by atoms with Crippen molar-refractivity contribution in [2.75, 3.05) is 0 Å². The Morgan fingerprint density at radius 1 is 1.25 bits per heavy atom. The van der Waals surface area contributed by atoms with Crippen LogP contribution >= 0.6 is 15.9 Å². The molecule has 0 amide bonds. The number of rotatable bonds is 2. The maximum Gasteiger partial charge on any atom is 0.163 e. The molecule has 84 valence electrons. The summed E-state index contributed by atoms with van der Waals surface area (Å²) in [6, 6.07) is 6.38. The minimum atomic E-state index is 0.724. The Morgan fingerprint density at radius 3 is 2.62 bits per heavy atom. The molecule has 0 unspecified atom stereocenters. The van der Waals surface area contributed by atoms with E-state index in [4.69, 9.17) is 0 Å². The highest BCUT2D eigenvalue weighted by Gasteiger charge is 2.11. The van der Waals surface area contributed by atoms with Crippen LogP contribution in [0.2, 0.25) is 0 Å². The van der Waals surface area contributed by atoms with Crippen LogP contribution in [0, 0.1) is 13.8 Å². The minimum Gasteiger partial charge on any atom is -0.313 e. The molecule has 1 aromatic carbocycles. The van der Waals surface area contributed by atoms with Crippen LogP contribution in [-0.2, 0) is 12.4 Å². The lowest BCUT2D eigenvalue weighted by Crippen LogP contribution is -1.98. The van der Waals surface area contributed by atoms with Gasteiger partial charge in [0.25, 0.3) is 0 Å². The Bertz CT molecular complexity index is 517. The third kappa shape index (κ3) is 1.89. The SMILES string of the molecule is Cc1ccc(C)c(-c2nnc(CBr)n2C)c1. The maximum absolute atomic E-state index is 4.24. The number of alkyl halides is 1. The molecule has 2 rings (SSSR count). The average molecular weight is 280 g/mol. The third-order valence-electron chi connectivity index (χ3n) is 2.72. The van der Waals surface area contributed by atoms with Gasteiger partial charge in [0, 0.05) is 12.6 Å². The normalized spacial score (nSPS) is 10.8. The molecule has 0 radical (unpaired) electrons. The van der Waals surface area contributed by atoms with E-state index in [1.165, 1.54) is 11.1 Å². The molecule has 0 saturated carbocycles. The van der Waals surface area contributed by atoms with Gasteiger partial charge in [-0.3, -0.25) is 0 Å². The monoisotopic (exact) mass is 279 g/mol. The first-order valence-electron chi connectivity index (χ1n) is 5.15. The molecule has 1 heterocycles. The lowest BCUT2D eigenvalue weighted by Gasteiger charge is -2.06. The van der Waals surface area contributed by atoms with Gasteiger partial charge in [-0.25, -0.2) is 0 Å². The molecule has 0 atom stereocenters. The van der Waals surface area contributed by atoms with Gasteiger partial charge >= 0.3 is 0 Å². The van der Waals surface area contributed by atoms with Crippen LogP contribution in [-0.4, -0.2) is 14.8 Å². The van der Waals surface area contributed by atoms with E-state index < -0.39 is 0 Å². The van der Waals surface area contributed by atoms with E-state index in [2.05, 4.69) is 58.2 Å². The van der Waals surface area contributed by atoms with Gasteiger partial charge in [0.15, 0.2) is 5.82 Å². The highest BCUT2D eigenvalue weighted by molar-refractivity contribution is 9.08. The summed E-state index contributed by atoms with van der Waals surface area (Å²) in [7, 11) is 1.99. The van der Waals surface area contributed by atoms with Gasteiger partial charge in [-0.05, 0) is 25.5 Å². The first-order valence-corrected chi connectivity index (χ1v) is 6.27. The predicted molar refractivity (Wildman–Crippen MR) is 68.5 cm³/mol. The first kappa shape index (κ1) is 11.3. The summed E-state index contributed by atoms with van der Waals surface area (Å²) in [6.45, 7) is 4.18. The fourth-order valence-corrected chi connectivity index (χ4v) is 2.18. The highest BCUT2D eigenvalue weighted by Crippen LogP contribution is 2.23. The van der Waals surface area contributed by atoms with Crippen LogP contribution < -0.4 is 0 Å². The third-order valence-corrected chi connectivity index (χ3v) is 3.22. The van der Waals surface area contributed by atoms with E-state index >= 15 is 0 Å². The average Bonchev–Trinajstić information content (AvgIpc) is 2.63. The Kier molecular flexibility index (Phi) is 3.10. The summed E-state index contributed by atoms with van der Waals surface area (Å²) in [5.41, 5.74) is 3.62. The minimum absolute atomic E-state index is 0.724. The number of benzene rings is 1. The molecular weight excluding hydrogens is 266 g/mol. The topological polar surface area (TPSA) is 30.7 Å². The standard InChI is InChI=1S/C12H14BrN3/c1-8-4-5-9(2)10(6-8)12-15-14-11(7-13)16(12)3/h4-6H,7H2,1-3H3. The Morgan fingerprint density at radius 2 is 2.00 bits per heavy atom. The van der Waals surface area contributed by atoms with Crippen LogP contribution in [0.5, 0.6) is 0 Å². The zero-order valence-corrected chi connectivity index (χ0v) is 11.2. The van der Waals surface area contributed by atoms with Crippen LogP contribution in [0.3, 0.4) is 0 Å². The number of halogens is 1. The molecule has 16 heavy (non-hydrogen) atoms. The molecule has 0 aliphatic heterocycles. The van der Waals surface area contributed by atoms with Crippen molar-refractivity contribution in [3.05, 3.63) is 35.2 Å². The van der Waals surface area contributed by atoms with E-state index in [9.17, 15) is 0 Å². The van der Waals surface area contributed by atoms with Gasteiger partial charge in [0.2, 0.25) is 0 Å². The largest absolute Gasteiger partial charge is 0.313 e. The van der Waals surface area contributed by atoms with E-state index in [1.54, 1.807) is 0 Å². The second kappa shape index (κ2) is 4.37. The van der Waals surface area contributed by atoms with E-state index in [0.29, 0.717) is 0 Å². The van der Waals surface area contributed by atoms with Gasteiger partial charge in [0.1, 0.15) is 5.82 Å². The summed E-state index contributed by atoms with van der Waals surface area (Å²) in [4.78, 5) is 0. The number of hydrogen-bond acceptors (Lipinski definition) is 2. The Balaban J connectivity index is 2.58. The lowest BCUT2D eigenvalue weighted by atomic mass is 10.1. The van der Waals surface area contributed by atoms with E-state index in [-0.39, 0.29) is 0 Å². The van der Waals surface area contributed by atoms with Crippen molar-refractivity contribution in [1.82, 2.24) is 14.8 Å². The molecule has 0 aliphatic rings. The van der Waals surface area contributed by atoms with Gasteiger partial charge < -0.3 is 4.57 Å². The Hall–Kier alpha value is -1.16. The summed E-state index contributed by atoms with van der Waals surface area (Å²) in [5.74, 6) is 1.87. The highest BCUT2D eigenvalue weighted by atomic mass is 79.9. The lowest BCUT2D eigenvalue weighted by molar-refractivity contribution is 0.858. The first-order chi connectivity index (χ1) is 7.63.